The second-order valence-corrected chi connectivity index (χ2v) is 10.2. The monoisotopic (exact) mass is 518 g/mol. The van der Waals surface area contributed by atoms with E-state index in [4.69, 9.17) is 9.72 Å². The molecule has 4 aromatic heterocycles. The van der Waals surface area contributed by atoms with Crippen molar-refractivity contribution in [3.05, 3.63) is 72.1 Å². The zero-order valence-corrected chi connectivity index (χ0v) is 20.7. The first-order valence-electron chi connectivity index (χ1n) is 10.5. The summed E-state index contributed by atoms with van der Waals surface area (Å²) in [5, 5.41) is 20.1. The maximum atomic E-state index is 12.7. The van der Waals surface area contributed by atoms with Crippen LogP contribution in [0.1, 0.15) is 5.56 Å². The molecule has 0 bridgehead atoms. The Labute approximate surface area is 210 Å². The van der Waals surface area contributed by atoms with Crippen LogP contribution in [0.15, 0.2) is 71.5 Å². The summed E-state index contributed by atoms with van der Waals surface area (Å²) in [5.74, 6) is 0.560. The van der Waals surface area contributed by atoms with Gasteiger partial charge in [0.15, 0.2) is 10.9 Å². The summed E-state index contributed by atoms with van der Waals surface area (Å²) in [6.45, 7) is 0. The Morgan fingerprint density at radius 2 is 1.92 bits per heavy atom. The molecule has 0 saturated carbocycles. The molecule has 0 aliphatic rings. The van der Waals surface area contributed by atoms with Crippen LogP contribution >= 0.6 is 11.3 Å². The summed E-state index contributed by atoms with van der Waals surface area (Å²) in [6.07, 6.45) is 6.70. The number of aromatic nitrogens is 6. The molecule has 11 nitrogen and oxygen atoms in total. The number of nitriles is 1. The highest BCUT2D eigenvalue weighted by molar-refractivity contribution is 7.93. The Morgan fingerprint density at radius 3 is 2.58 bits per heavy atom. The molecule has 0 fully saturated rings. The number of hydrogen-bond acceptors (Lipinski definition) is 9. The number of nitrogens with zero attached hydrogens (tertiary/aromatic N) is 7. The number of rotatable bonds is 7. The third-order valence-electron chi connectivity index (χ3n) is 5.18. The largest absolute Gasteiger partial charge is 0.454 e. The summed E-state index contributed by atoms with van der Waals surface area (Å²) in [7, 11) is -0.322. The van der Waals surface area contributed by atoms with Gasteiger partial charge in [0.1, 0.15) is 17.5 Å². The van der Waals surface area contributed by atoms with Gasteiger partial charge in [0.05, 0.1) is 28.0 Å². The van der Waals surface area contributed by atoms with Gasteiger partial charge in [0, 0.05) is 43.6 Å². The molecule has 36 heavy (non-hydrogen) atoms. The standard InChI is InChI=1S/C23H18N8O3S2/c1-30-14-16(13-27-30)18-4-6-21(22(28-18)19-7-8-26-31(19)2)34-20-5-3-17(11-15(20)12-24)36(32,33)29-23-25-9-10-35-23/h3-11,13-14H,1-2H3,(H,25,29). The number of ether oxygens (including phenoxy) is 1. The van der Waals surface area contributed by atoms with Gasteiger partial charge in [-0.3, -0.25) is 14.1 Å². The Balaban J connectivity index is 1.52. The van der Waals surface area contributed by atoms with Crippen molar-refractivity contribution in [3.8, 4) is 40.2 Å². The number of nitrogens with one attached hydrogen (secondary N) is 1. The van der Waals surface area contributed by atoms with Crippen LogP contribution in [-0.4, -0.2) is 37.9 Å². The molecule has 0 amide bonds. The topological polar surface area (TPSA) is 141 Å². The number of hydrogen-bond donors (Lipinski definition) is 1. The minimum atomic E-state index is -3.93. The summed E-state index contributed by atoms with van der Waals surface area (Å²) in [6, 6.07) is 11.4. The fourth-order valence-electron chi connectivity index (χ4n) is 3.45. The van der Waals surface area contributed by atoms with Gasteiger partial charge in [0.2, 0.25) is 0 Å². The van der Waals surface area contributed by atoms with Crippen LogP contribution in [-0.2, 0) is 24.1 Å². The fraction of sp³-hybridized carbons (Fsp3) is 0.0870. The lowest BCUT2D eigenvalue weighted by molar-refractivity contribution is 0.479. The zero-order valence-electron chi connectivity index (χ0n) is 19.0. The van der Waals surface area contributed by atoms with E-state index < -0.39 is 10.0 Å². The van der Waals surface area contributed by atoms with E-state index >= 15 is 0 Å². The first-order chi connectivity index (χ1) is 17.3. The van der Waals surface area contributed by atoms with E-state index in [2.05, 4.69) is 19.9 Å². The average Bonchev–Trinajstić information content (AvgIpc) is 3.62. The third kappa shape index (κ3) is 4.54. The summed E-state index contributed by atoms with van der Waals surface area (Å²) < 4.78 is 37.3. The molecule has 0 unspecified atom stereocenters. The van der Waals surface area contributed by atoms with Crippen molar-refractivity contribution in [2.45, 2.75) is 4.90 Å². The summed E-state index contributed by atoms with van der Waals surface area (Å²) >= 11 is 1.15. The Hall–Kier alpha value is -4.54. The quantitative estimate of drug-likeness (QED) is 0.343. The molecule has 0 radical (unpaired) electrons. The van der Waals surface area contributed by atoms with E-state index in [1.807, 2.05) is 19.3 Å². The zero-order chi connectivity index (χ0) is 25.3. The Morgan fingerprint density at radius 1 is 1.08 bits per heavy atom. The molecule has 13 heteroatoms. The third-order valence-corrected chi connectivity index (χ3v) is 7.33. The van der Waals surface area contributed by atoms with Gasteiger partial charge >= 0.3 is 0 Å². The van der Waals surface area contributed by atoms with Gasteiger partial charge in [-0.15, -0.1) is 11.3 Å². The second kappa shape index (κ2) is 9.25. The van der Waals surface area contributed by atoms with Crippen LogP contribution in [0.2, 0.25) is 0 Å². The SMILES string of the molecule is Cn1cc(-c2ccc(Oc3ccc(S(=O)(=O)Nc4nccs4)cc3C#N)c(-c3ccnn3C)n2)cn1. The number of sulfonamides is 1. The molecular formula is C23H18N8O3S2. The van der Waals surface area contributed by atoms with Crippen molar-refractivity contribution in [1.82, 2.24) is 29.5 Å². The molecule has 0 atom stereocenters. The van der Waals surface area contributed by atoms with Gasteiger partial charge in [-0.05, 0) is 36.4 Å². The maximum absolute atomic E-state index is 12.7. The van der Waals surface area contributed by atoms with Crippen molar-refractivity contribution in [2.24, 2.45) is 14.1 Å². The van der Waals surface area contributed by atoms with Crippen LogP contribution in [0.4, 0.5) is 5.13 Å². The second-order valence-electron chi connectivity index (χ2n) is 7.60. The van der Waals surface area contributed by atoms with E-state index in [9.17, 15) is 13.7 Å². The lowest BCUT2D eigenvalue weighted by atomic mass is 10.1. The molecule has 5 rings (SSSR count). The Kier molecular flexibility index (Phi) is 5.96. The number of benzene rings is 1. The van der Waals surface area contributed by atoms with Crippen molar-refractivity contribution >= 4 is 26.5 Å². The summed E-state index contributed by atoms with van der Waals surface area (Å²) in [4.78, 5) is 8.62. The van der Waals surface area contributed by atoms with Crippen LogP contribution in [0, 0.1) is 11.3 Å². The van der Waals surface area contributed by atoms with Crippen molar-refractivity contribution in [3.63, 3.8) is 0 Å². The minimum Gasteiger partial charge on any atom is -0.454 e. The first-order valence-corrected chi connectivity index (χ1v) is 12.8. The fourth-order valence-corrected chi connectivity index (χ4v) is 5.27. The summed E-state index contributed by atoms with van der Waals surface area (Å²) in [5.41, 5.74) is 2.75. The van der Waals surface area contributed by atoms with Crippen LogP contribution in [0.5, 0.6) is 11.5 Å². The molecular weight excluding hydrogens is 500 g/mol. The van der Waals surface area contributed by atoms with E-state index in [0.717, 1.165) is 16.9 Å². The minimum absolute atomic E-state index is 0.0457. The molecule has 180 valence electrons. The van der Waals surface area contributed by atoms with E-state index in [1.54, 1.807) is 52.4 Å². The highest BCUT2D eigenvalue weighted by Gasteiger charge is 2.20. The molecule has 4 heterocycles. The average molecular weight is 519 g/mol. The number of aryl methyl sites for hydroxylation is 2. The number of anilines is 1. The van der Waals surface area contributed by atoms with Gasteiger partial charge in [0.25, 0.3) is 10.0 Å². The first kappa shape index (κ1) is 23.2. The molecule has 0 saturated heterocycles. The van der Waals surface area contributed by atoms with E-state index in [-0.39, 0.29) is 21.3 Å². The van der Waals surface area contributed by atoms with Gasteiger partial charge < -0.3 is 4.74 Å². The maximum Gasteiger partial charge on any atom is 0.263 e. The molecule has 1 N–H and O–H groups in total. The van der Waals surface area contributed by atoms with Crippen molar-refractivity contribution in [1.29, 1.82) is 5.26 Å². The number of pyridine rings is 1. The molecule has 5 aromatic rings. The predicted octanol–water partition coefficient (Wildman–Crippen LogP) is 3.80. The van der Waals surface area contributed by atoms with E-state index in [1.165, 1.54) is 24.4 Å². The Bertz CT molecular complexity index is 1700. The lowest BCUT2D eigenvalue weighted by Gasteiger charge is -2.14. The van der Waals surface area contributed by atoms with Crippen molar-refractivity contribution < 1.29 is 13.2 Å². The van der Waals surface area contributed by atoms with Gasteiger partial charge in [-0.1, -0.05) is 0 Å². The molecule has 1 aromatic carbocycles. The van der Waals surface area contributed by atoms with Crippen LogP contribution in [0.25, 0.3) is 22.6 Å². The number of thiazole rings is 1. The van der Waals surface area contributed by atoms with E-state index in [0.29, 0.717) is 22.8 Å². The van der Waals surface area contributed by atoms with Crippen molar-refractivity contribution in [2.75, 3.05) is 4.72 Å². The predicted molar refractivity (Wildman–Crippen MR) is 133 cm³/mol. The van der Waals surface area contributed by atoms with Gasteiger partial charge in [-0.25, -0.2) is 18.4 Å². The van der Waals surface area contributed by atoms with Gasteiger partial charge in [-0.2, -0.15) is 15.5 Å². The highest BCUT2D eigenvalue weighted by Crippen LogP contribution is 2.35. The smallest absolute Gasteiger partial charge is 0.263 e. The van der Waals surface area contributed by atoms with Crippen LogP contribution < -0.4 is 9.46 Å². The molecule has 0 spiro atoms. The molecule has 0 aliphatic carbocycles. The molecule has 0 aliphatic heterocycles. The van der Waals surface area contributed by atoms with Crippen LogP contribution in [0.3, 0.4) is 0 Å². The normalized spacial score (nSPS) is 11.2. The lowest BCUT2D eigenvalue weighted by Crippen LogP contribution is -2.13. The highest BCUT2D eigenvalue weighted by atomic mass is 32.2.